The number of hydrogen-bond acceptors (Lipinski definition) is 4. The number of anilines is 1. The first-order valence-electron chi connectivity index (χ1n) is 6.58. The van der Waals surface area contributed by atoms with Gasteiger partial charge in [-0.1, -0.05) is 30.3 Å². The largest absolute Gasteiger partial charge is 0.453 e. The highest BCUT2D eigenvalue weighted by atomic mass is 16.5. The van der Waals surface area contributed by atoms with E-state index in [0.717, 1.165) is 12.0 Å². The predicted molar refractivity (Wildman–Crippen MR) is 79.4 cm³/mol. The lowest BCUT2D eigenvalue weighted by molar-refractivity contribution is -0.107. The fraction of sp³-hybridized carbons (Fsp3) is 0.0588. The molecule has 2 aromatic rings. The van der Waals surface area contributed by atoms with E-state index in [1.807, 2.05) is 30.3 Å². The fourth-order valence-corrected chi connectivity index (χ4v) is 2.16. The van der Waals surface area contributed by atoms with E-state index in [1.54, 1.807) is 24.3 Å². The fourth-order valence-electron chi connectivity index (χ4n) is 2.16. The molecule has 0 saturated heterocycles. The van der Waals surface area contributed by atoms with E-state index in [2.05, 4.69) is 5.32 Å². The smallest absolute Gasteiger partial charge is 0.231 e. The average molecular weight is 279 g/mol. The molecule has 0 spiro atoms. The van der Waals surface area contributed by atoms with Crippen LogP contribution in [0, 0.1) is 0 Å². The summed E-state index contributed by atoms with van der Waals surface area (Å²) in [4.78, 5) is 23.4. The number of para-hydroxylation sites is 2. The van der Waals surface area contributed by atoms with E-state index in [1.165, 1.54) is 6.08 Å². The van der Waals surface area contributed by atoms with Crippen LogP contribution >= 0.6 is 0 Å². The van der Waals surface area contributed by atoms with Gasteiger partial charge in [0.15, 0.2) is 5.76 Å². The molecule has 0 radical (unpaired) electrons. The number of rotatable bonds is 4. The Morgan fingerprint density at radius 1 is 1.00 bits per heavy atom. The number of carbonyl (C=O) groups excluding carboxylic acids is 2. The molecule has 3 rings (SSSR count). The Labute approximate surface area is 122 Å². The van der Waals surface area contributed by atoms with Crippen LogP contribution in [-0.2, 0) is 4.79 Å². The summed E-state index contributed by atoms with van der Waals surface area (Å²) in [6, 6.07) is 15.7. The standard InChI is InChI=1S/C17H13NO3/c19-11-13(18-12-6-2-1-3-7-12)10-16-17(20)14-8-4-5-9-15(14)21-16/h1-11,13,18H/b16-10-. The van der Waals surface area contributed by atoms with Crippen molar-refractivity contribution in [2.75, 3.05) is 5.32 Å². The number of nitrogens with one attached hydrogen (secondary N) is 1. The maximum absolute atomic E-state index is 12.2. The molecule has 0 aromatic heterocycles. The van der Waals surface area contributed by atoms with Gasteiger partial charge in [-0.3, -0.25) is 4.79 Å². The zero-order valence-electron chi connectivity index (χ0n) is 11.2. The van der Waals surface area contributed by atoms with E-state index >= 15 is 0 Å². The van der Waals surface area contributed by atoms with Gasteiger partial charge in [-0.05, 0) is 30.3 Å². The first-order valence-corrected chi connectivity index (χ1v) is 6.58. The van der Waals surface area contributed by atoms with Crippen molar-refractivity contribution >= 4 is 17.8 Å². The van der Waals surface area contributed by atoms with Crippen molar-refractivity contribution < 1.29 is 14.3 Å². The maximum Gasteiger partial charge on any atom is 0.231 e. The number of ketones is 1. The third-order valence-electron chi connectivity index (χ3n) is 3.16. The van der Waals surface area contributed by atoms with Crippen molar-refractivity contribution in [3.8, 4) is 5.75 Å². The SMILES string of the molecule is O=CC(/C=C1\Oc2ccccc2C1=O)Nc1ccccc1. The van der Waals surface area contributed by atoms with Gasteiger partial charge in [-0.2, -0.15) is 0 Å². The summed E-state index contributed by atoms with van der Waals surface area (Å²) in [7, 11) is 0. The Hall–Kier alpha value is -2.88. The average Bonchev–Trinajstić information content (AvgIpc) is 2.84. The normalized spacial score (nSPS) is 16.2. The molecule has 1 atom stereocenters. The molecule has 1 heterocycles. The first-order chi connectivity index (χ1) is 10.3. The molecule has 4 nitrogen and oxygen atoms in total. The minimum absolute atomic E-state index is 0.178. The first kappa shape index (κ1) is 13.1. The number of carbonyl (C=O) groups is 2. The maximum atomic E-state index is 12.2. The molecule has 0 saturated carbocycles. The van der Waals surface area contributed by atoms with Gasteiger partial charge in [0.25, 0.3) is 0 Å². The number of ether oxygens (including phenoxy) is 1. The Balaban J connectivity index is 1.81. The Morgan fingerprint density at radius 3 is 2.43 bits per heavy atom. The van der Waals surface area contributed by atoms with Gasteiger partial charge in [0.1, 0.15) is 18.1 Å². The molecule has 1 N–H and O–H groups in total. The molecule has 1 aliphatic rings. The van der Waals surface area contributed by atoms with Crippen molar-refractivity contribution in [1.82, 2.24) is 0 Å². The van der Waals surface area contributed by atoms with Gasteiger partial charge in [0.05, 0.1) is 5.56 Å². The van der Waals surface area contributed by atoms with Crippen molar-refractivity contribution in [2.45, 2.75) is 6.04 Å². The number of allylic oxidation sites excluding steroid dienone is 1. The number of fused-ring (bicyclic) bond motifs is 1. The topological polar surface area (TPSA) is 55.4 Å². The summed E-state index contributed by atoms with van der Waals surface area (Å²) in [5.41, 5.74) is 1.32. The van der Waals surface area contributed by atoms with Crippen LogP contribution in [0.15, 0.2) is 66.4 Å². The van der Waals surface area contributed by atoms with E-state index in [9.17, 15) is 9.59 Å². The highest BCUT2D eigenvalue weighted by Gasteiger charge is 2.27. The van der Waals surface area contributed by atoms with Gasteiger partial charge in [-0.25, -0.2) is 0 Å². The van der Waals surface area contributed by atoms with Crippen LogP contribution in [0.3, 0.4) is 0 Å². The van der Waals surface area contributed by atoms with Crippen molar-refractivity contribution in [3.05, 3.63) is 72.0 Å². The van der Waals surface area contributed by atoms with Crippen LogP contribution in [0.1, 0.15) is 10.4 Å². The van der Waals surface area contributed by atoms with Crippen LogP contribution < -0.4 is 10.1 Å². The molecule has 104 valence electrons. The molecule has 0 aliphatic carbocycles. The number of hydrogen-bond donors (Lipinski definition) is 1. The summed E-state index contributed by atoms with van der Waals surface area (Å²) >= 11 is 0. The lowest BCUT2D eigenvalue weighted by atomic mass is 10.1. The van der Waals surface area contributed by atoms with Gasteiger partial charge < -0.3 is 14.8 Å². The van der Waals surface area contributed by atoms with E-state index in [4.69, 9.17) is 4.74 Å². The molecule has 0 amide bonds. The van der Waals surface area contributed by atoms with E-state index < -0.39 is 6.04 Å². The van der Waals surface area contributed by atoms with Gasteiger partial charge in [0.2, 0.25) is 5.78 Å². The van der Waals surface area contributed by atoms with Crippen LogP contribution in [0.2, 0.25) is 0 Å². The third-order valence-corrected chi connectivity index (χ3v) is 3.16. The summed E-state index contributed by atoms with van der Waals surface area (Å²) in [5, 5.41) is 3.03. The molecular weight excluding hydrogens is 266 g/mol. The van der Waals surface area contributed by atoms with Gasteiger partial charge >= 0.3 is 0 Å². The van der Waals surface area contributed by atoms with Crippen LogP contribution in [0.4, 0.5) is 5.69 Å². The van der Waals surface area contributed by atoms with Crippen LogP contribution in [0.5, 0.6) is 5.75 Å². The second-order valence-electron chi connectivity index (χ2n) is 4.63. The lowest BCUT2D eigenvalue weighted by Crippen LogP contribution is -2.20. The molecule has 0 fully saturated rings. The summed E-state index contributed by atoms with van der Waals surface area (Å²) < 4.78 is 5.50. The van der Waals surface area contributed by atoms with Crippen molar-refractivity contribution in [3.63, 3.8) is 0 Å². The lowest BCUT2D eigenvalue weighted by Gasteiger charge is -2.10. The number of Topliss-reactive ketones (excluding diaryl/α,β-unsaturated/α-hetero) is 1. The highest BCUT2D eigenvalue weighted by molar-refractivity contribution is 6.12. The summed E-state index contributed by atoms with van der Waals surface area (Å²) in [6.45, 7) is 0. The zero-order valence-corrected chi connectivity index (χ0v) is 11.2. The molecule has 4 heteroatoms. The highest BCUT2D eigenvalue weighted by Crippen LogP contribution is 2.30. The Morgan fingerprint density at radius 2 is 1.71 bits per heavy atom. The summed E-state index contributed by atoms with van der Waals surface area (Å²) in [5.74, 6) is 0.502. The number of aldehydes is 1. The van der Waals surface area contributed by atoms with Crippen molar-refractivity contribution in [1.29, 1.82) is 0 Å². The molecule has 2 aromatic carbocycles. The Bertz CT molecular complexity index is 707. The minimum Gasteiger partial charge on any atom is -0.453 e. The molecule has 21 heavy (non-hydrogen) atoms. The van der Waals surface area contributed by atoms with E-state index in [-0.39, 0.29) is 11.5 Å². The predicted octanol–water partition coefficient (Wildman–Crippen LogP) is 2.83. The molecule has 1 unspecified atom stereocenters. The van der Waals surface area contributed by atoms with Crippen LogP contribution in [-0.4, -0.2) is 18.1 Å². The quantitative estimate of drug-likeness (QED) is 0.690. The van der Waals surface area contributed by atoms with Gasteiger partial charge in [0, 0.05) is 5.69 Å². The van der Waals surface area contributed by atoms with Gasteiger partial charge in [-0.15, -0.1) is 0 Å². The van der Waals surface area contributed by atoms with E-state index in [0.29, 0.717) is 11.3 Å². The zero-order chi connectivity index (χ0) is 14.7. The molecule has 1 aliphatic heterocycles. The Kier molecular flexibility index (Phi) is 3.51. The third kappa shape index (κ3) is 2.69. The molecular formula is C17H13NO3. The monoisotopic (exact) mass is 279 g/mol. The van der Waals surface area contributed by atoms with Crippen molar-refractivity contribution in [2.24, 2.45) is 0 Å². The number of benzene rings is 2. The van der Waals surface area contributed by atoms with Crippen LogP contribution in [0.25, 0.3) is 0 Å². The second-order valence-corrected chi connectivity index (χ2v) is 4.63. The second kappa shape index (κ2) is 5.63. The summed E-state index contributed by atoms with van der Waals surface area (Å²) in [6.07, 6.45) is 2.24. The minimum atomic E-state index is -0.624. The molecule has 0 bridgehead atoms.